The van der Waals surface area contributed by atoms with E-state index in [2.05, 4.69) is 13.2 Å². The number of nitrogen functional groups attached to an aromatic ring is 1. The second-order valence-electron chi connectivity index (χ2n) is 3.32. The van der Waals surface area contributed by atoms with Crippen molar-refractivity contribution in [2.24, 2.45) is 0 Å². The first-order chi connectivity index (χ1) is 6.11. The highest BCUT2D eigenvalue weighted by Crippen LogP contribution is 2.24. The van der Waals surface area contributed by atoms with Crippen molar-refractivity contribution in [1.82, 2.24) is 0 Å². The van der Waals surface area contributed by atoms with Crippen LogP contribution in [0, 0.1) is 0 Å². The average molecular weight is 173 g/mol. The summed E-state index contributed by atoms with van der Waals surface area (Å²) in [6.07, 6.45) is 0.814. The van der Waals surface area contributed by atoms with Crippen molar-refractivity contribution >= 4 is 11.3 Å². The SMILES string of the molecule is C=C(C)CC(=C)c1ccccc1N. The molecule has 2 N–H and O–H groups in total. The zero-order chi connectivity index (χ0) is 9.84. The number of anilines is 1. The Morgan fingerprint density at radius 2 is 1.92 bits per heavy atom. The molecular weight excluding hydrogens is 158 g/mol. The van der Waals surface area contributed by atoms with Gasteiger partial charge in [-0.1, -0.05) is 36.9 Å². The van der Waals surface area contributed by atoms with E-state index in [1.165, 1.54) is 0 Å². The molecule has 0 aliphatic rings. The summed E-state index contributed by atoms with van der Waals surface area (Å²) in [5.74, 6) is 0. The fraction of sp³-hybridized carbons (Fsp3) is 0.167. The van der Waals surface area contributed by atoms with E-state index in [1.54, 1.807) is 0 Å². The molecule has 0 heterocycles. The molecule has 0 bridgehead atoms. The molecule has 0 fully saturated rings. The van der Waals surface area contributed by atoms with Crippen molar-refractivity contribution < 1.29 is 0 Å². The average Bonchev–Trinajstić information content (AvgIpc) is 2.03. The summed E-state index contributed by atoms with van der Waals surface area (Å²) in [5.41, 5.74) is 9.76. The minimum absolute atomic E-state index is 0.786. The van der Waals surface area contributed by atoms with E-state index < -0.39 is 0 Å². The molecule has 0 aromatic heterocycles. The molecule has 0 aliphatic carbocycles. The third-order valence-corrected chi connectivity index (χ3v) is 1.86. The van der Waals surface area contributed by atoms with Gasteiger partial charge in [0.2, 0.25) is 0 Å². The van der Waals surface area contributed by atoms with Gasteiger partial charge in [-0.2, -0.15) is 0 Å². The van der Waals surface area contributed by atoms with E-state index in [9.17, 15) is 0 Å². The first-order valence-electron chi connectivity index (χ1n) is 4.28. The van der Waals surface area contributed by atoms with Gasteiger partial charge in [-0.05, 0) is 25.0 Å². The van der Waals surface area contributed by atoms with Crippen molar-refractivity contribution in [3.05, 3.63) is 48.6 Å². The molecule has 1 aromatic rings. The fourth-order valence-corrected chi connectivity index (χ4v) is 1.28. The van der Waals surface area contributed by atoms with Crippen LogP contribution >= 0.6 is 0 Å². The lowest BCUT2D eigenvalue weighted by atomic mass is 10.00. The number of hydrogen-bond acceptors (Lipinski definition) is 1. The predicted molar refractivity (Wildman–Crippen MR) is 59.3 cm³/mol. The second-order valence-corrected chi connectivity index (χ2v) is 3.32. The van der Waals surface area contributed by atoms with Gasteiger partial charge in [0.05, 0.1) is 0 Å². The maximum atomic E-state index is 5.81. The van der Waals surface area contributed by atoms with Crippen LogP contribution in [0.1, 0.15) is 18.9 Å². The minimum Gasteiger partial charge on any atom is -0.398 e. The van der Waals surface area contributed by atoms with Crippen LogP contribution in [0.5, 0.6) is 0 Å². The van der Waals surface area contributed by atoms with Gasteiger partial charge in [-0.15, -0.1) is 0 Å². The Morgan fingerprint density at radius 3 is 2.46 bits per heavy atom. The normalized spacial score (nSPS) is 9.62. The molecule has 68 valence electrons. The maximum Gasteiger partial charge on any atom is 0.0390 e. The molecule has 1 heteroatoms. The second kappa shape index (κ2) is 3.94. The van der Waals surface area contributed by atoms with Crippen molar-refractivity contribution in [3.63, 3.8) is 0 Å². The van der Waals surface area contributed by atoms with Gasteiger partial charge in [-0.3, -0.25) is 0 Å². The highest BCUT2D eigenvalue weighted by molar-refractivity contribution is 5.74. The van der Waals surface area contributed by atoms with E-state index >= 15 is 0 Å². The topological polar surface area (TPSA) is 26.0 Å². The standard InChI is InChI=1S/C12H15N/c1-9(2)8-10(3)11-6-4-5-7-12(11)13/h4-7H,1,3,8,13H2,2H3. The van der Waals surface area contributed by atoms with Crippen LogP contribution in [0.15, 0.2) is 43.0 Å². The molecule has 0 unspecified atom stereocenters. The van der Waals surface area contributed by atoms with Crippen LogP contribution in [0.2, 0.25) is 0 Å². The van der Waals surface area contributed by atoms with Crippen LogP contribution < -0.4 is 5.73 Å². The Hall–Kier alpha value is -1.50. The van der Waals surface area contributed by atoms with Gasteiger partial charge in [0.1, 0.15) is 0 Å². The number of hydrogen-bond donors (Lipinski definition) is 1. The van der Waals surface area contributed by atoms with Crippen LogP contribution in [0.25, 0.3) is 5.57 Å². The van der Waals surface area contributed by atoms with Crippen LogP contribution in [-0.2, 0) is 0 Å². The van der Waals surface area contributed by atoms with Crippen molar-refractivity contribution in [1.29, 1.82) is 0 Å². The van der Waals surface area contributed by atoms with Crippen LogP contribution in [0.3, 0.4) is 0 Å². The Labute approximate surface area is 79.6 Å². The molecule has 0 spiro atoms. The molecule has 1 rings (SSSR count). The van der Waals surface area contributed by atoms with Gasteiger partial charge in [0.25, 0.3) is 0 Å². The summed E-state index contributed by atoms with van der Waals surface area (Å²) < 4.78 is 0. The van der Waals surface area contributed by atoms with Gasteiger partial charge >= 0.3 is 0 Å². The third kappa shape index (κ3) is 2.48. The largest absolute Gasteiger partial charge is 0.398 e. The zero-order valence-electron chi connectivity index (χ0n) is 8.01. The fourth-order valence-electron chi connectivity index (χ4n) is 1.28. The molecule has 0 radical (unpaired) electrons. The van der Waals surface area contributed by atoms with E-state index in [1.807, 2.05) is 31.2 Å². The van der Waals surface area contributed by atoms with Gasteiger partial charge in [-0.25, -0.2) is 0 Å². The molecule has 1 aromatic carbocycles. The van der Waals surface area contributed by atoms with Gasteiger partial charge < -0.3 is 5.73 Å². The van der Waals surface area contributed by atoms with Crippen molar-refractivity contribution in [2.75, 3.05) is 5.73 Å². The lowest BCUT2D eigenvalue weighted by Gasteiger charge is -2.08. The summed E-state index contributed by atoms with van der Waals surface area (Å²) >= 11 is 0. The lowest BCUT2D eigenvalue weighted by Crippen LogP contribution is -1.92. The summed E-state index contributed by atoms with van der Waals surface area (Å²) in [6.45, 7) is 9.82. The molecule has 0 atom stereocenters. The number of allylic oxidation sites excluding steroid dienone is 2. The zero-order valence-corrected chi connectivity index (χ0v) is 8.01. The Morgan fingerprint density at radius 1 is 1.31 bits per heavy atom. The van der Waals surface area contributed by atoms with Gasteiger partial charge in [0.15, 0.2) is 0 Å². The quantitative estimate of drug-likeness (QED) is 0.551. The number of rotatable bonds is 3. The first kappa shape index (κ1) is 9.59. The van der Waals surface area contributed by atoms with Crippen molar-refractivity contribution in [2.45, 2.75) is 13.3 Å². The van der Waals surface area contributed by atoms with E-state index in [0.717, 1.165) is 28.8 Å². The first-order valence-corrected chi connectivity index (χ1v) is 4.28. The molecule has 13 heavy (non-hydrogen) atoms. The Balaban J connectivity index is 2.89. The van der Waals surface area contributed by atoms with E-state index in [-0.39, 0.29) is 0 Å². The molecule has 0 amide bonds. The number of nitrogens with two attached hydrogens (primary N) is 1. The number of para-hydroxylation sites is 1. The molecule has 1 nitrogen and oxygen atoms in total. The summed E-state index contributed by atoms with van der Waals surface area (Å²) in [7, 11) is 0. The number of benzene rings is 1. The summed E-state index contributed by atoms with van der Waals surface area (Å²) in [4.78, 5) is 0. The Bertz CT molecular complexity index is 337. The highest BCUT2D eigenvalue weighted by atomic mass is 14.6. The van der Waals surface area contributed by atoms with Crippen LogP contribution in [0.4, 0.5) is 5.69 Å². The molecule has 0 aliphatic heterocycles. The highest BCUT2D eigenvalue weighted by Gasteiger charge is 2.01. The predicted octanol–water partition coefficient (Wildman–Crippen LogP) is 3.25. The van der Waals surface area contributed by atoms with E-state index in [0.29, 0.717) is 0 Å². The lowest BCUT2D eigenvalue weighted by molar-refractivity contribution is 1.25. The molecule has 0 saturated heterocycles. The monoisotopic (exact) mass is 173 g/mol. The molecule has 0 saturated carbocycles. The molecular formula is C12H15N. The van der Waals surface area contributed by atoms with E-state index in [4.69, 9.17) is 5.73 Å². The third-order valence-electron chi connectivity index (χ3n) is 1.86. The summed E-state index contributed by atoms with van der Waals surface area (Å²) in [5, 5.41) is 0. The van der Waals surface area contributed by atoms with Gasteiger partial charge in [0, 0.05) is 11.3 Å². The maximum absolute atomic E-state index is 5.81. The summed E-state index contributed by atoms with van der Waals surface area (Å²) in [6, 6.07) is 7.77. The smallest absolute Gasteiger partial charge is 0.0390 e. The van der Waals surface area contributed by atoms with Crippen molar-refractivity contribution in [3.8, 4) is 0 Å². The van der Waals surface area contributed by atoms with Crippen LogP contribution in [-0.4, -0.2) is 0 Å². The Kier molecular flexibility index (Phi) is 2.91. The minimum atomic E-state index is 0.786.